The highest BCUT2D eigenvalue weighted by Crippen LogP contribution is 2.26. The van der Waals surface area contributed by atoms with Gasteiger partial charge in [-0.05, 0) is 24.6 Å². The third-order valence-electron chi connectivity index (χ3n) is 5.66. The Balaban J connectivity index is 1.41. The van der Waals surface area contributed by atoms with Gasteiger partial charge in [0.25, 0.3) is 5.56 Å². The zero-order chi connectivity index (χ0) is 20.8. The van der Waals surface area contributed by atoms with Crippen LogP contribution < -0.4 is 10.5 Å². The van der Waals surface area contributed by atoms with Gasteiger partial charge >= 0.3 is 6.18 Å². The summed E-state index contributed by atoms with van der Waals surface area (Å²) >= 11 is 0. The van der Waals surface area contributed by atoms with Crippen molar-refractivity contribution in [3.63, 3.8) is 0 Å². The Morgan fingerprint density at radius 1 is 1.10 bits per heavy atom. The van der Waals surface area contributed by atoms with Gasteiger partial charge in [-0.25, -0.2) is 4.98 Å². The number of piperazine rings is 1. The highest BCUT2D eigenvalue weighted by Gasteiger charge is 2.42. The molecule has 2 aliphatic heterocycles. The number of carbonyl (C=O) groups is 1. The van der Waals surface area contributed by atoms with Gasteiger partial charge in [-0.15, -0.1) is 0 Å². The van der Waals surface area contributed by atoms with Gasteiger partial charge in [0.1, 0.15) is 6.54 Å². The molecule has 1 atom stereocenters. The van der Waals surface area contributed by atoms with Gasteiger partial charge in [-0.2, -0.15) is 13.2 Å². The second kappa shape index (κ2) is 7.33. The molecule has 0 spiro atoms. The molecule has 3 heterocycles. The van der Waals surface area contributed by atoms with Gasteiger partial charge in [0, 0.05) is 45.5 Å². The number of alkyl halides is 3. The molecule has 1 aromatic carbocycles. The van der Waals surface area contributed by atoms with Gasteiger partial charge in [0.05, 0.1) is 23.3 Å². The molecular weight excluding hydrogens is 387 g/mol. The molecule has 1 aromatic heterocycles. The zero-order valence-electron chi connectivity index (χ0n) is 16.0. The van der Waals surface area contributed by atoms with E-state index in [-0.39, 0.29) is 12.1 Å². The van der Waals surface area contributed by atoms with Crippen molar-refractivity contribution in [1.82, 2.24) is 19.4 Å². The van der Waals surface area contributed by atoms with Crippen molar-refractivity contribution in [2.75, 3.05) is 44.2 Å². The summed E-state index contributed by atoms with van der Waals surface area (Å²) in [5.41, 5.74) is 1.46. The molecule has 0 aliphatic carbocycles. The van der Waals surface area contributed by atoms with Crippen LogP contribution in [0.4, 0.5) is 18.9 Å². The van der Waals surface area contributed by atoms with Crippen LogP contribution in [0.15, 0.2) is 29.3 Å². The van der Waals surface area contributed by atoms with Crippen molar-refractivity contribution >= 4 is 22.5 Å². The number of aromatic nitrogens is 2. The molecule has 10 heteroatoms. The van der Waals surface area contributed by atoms with E-state index in [0.29, 0.717) is 43.5 Å². The number of hydrogen-bond acceptors (Lipinski definition) is 5. The molecule has 1 amide bonds. The lowest BCUT2D eigenvalue weighted by Gasteiger charge is -2.38. The number of nitrogens with zero attached hydrogens (tertiary/aromatic N) is 5. The Kier molecular flexibility index (Phi) is 4.97. The summed E-state index contributed by atoms with van der Waals surface area (Å²) in [6.07, 6.45) is -2.45. The summed E-state index contributed by atoms with van der Waals surface area (Å²) in [6, 6.07) is 5.05. The lowest BCUT2D eigenvalue weighted by molar-refractivity contribution is -0.159. The maximum Gasteiger partial charge on any atom is 0.406 e. The first kappa shape index (κ1) is 19.7. The molecule has 7 nitrogen and oxygen atoms in total. The van der Waals surface area contributed by atoms with Crippen LogP contribution in [0.5, 0.6) is 0 Å². The van der Waals surface area contributed by atoms with E-state index >= 15 is 0 Å². The van der Waals surface area contributed by atoms with E-state index in [4.69, 9.17) is 0 Å². The quantitative estimate of drug-likeness (QED) is 0.763. The monoisotopic (exact) mass is 409 g/mol. The Morgan fingerprint density at radius 3 is 2.52 bits per heavy atom. The van der Waals surface area contributed by atoms with Crippen LogP contribution in [-0.2, 0) is 11.8 Å². The Bertz CT molecular complexity index is 982. The van der Waals surface area contributed by atoms with E-state index in [1.165, 1.54) is 10.9 Å². The second-order valence-corrected chi connectivity index (χ2v) is 7.56. The van der Waals surface area contributed by atoms with Crippen molar-refractivity contribution in [2.45, 2.75) is 18.6 Å². The number of hydrogen-bond donors (Lipinski definition) is 0. The number of fused-ring (bicyclic) bond motifs is 1. The lowest BCUT2D eigenvalue weighted by Crippen LogP contribution is -2.53. The van der Waals surface area contributed by atoms with Crippen LogP contribution in [0, 0.1) is 0 Å². The second-order valence-electron chi connectivity index (χ2n) is 7.56. The molecule has 156 valence electrons. The van der Waals surface area contributed by atoms with Crippen LogP contribution >= 0.6 is 0 Å². The fraction of sp³-hybridized carbons (Fsp3) is 0.526. The first-order valence-corrected chi connectivity index (χ1v) is 9.53. The van der Waals surface area contributed by atoms with Gasteiger partial charge in [-0.3, -0.25) is 14.5 Å². The summed E-state index contributed by atoms with van der Waals surface area (Å²) in [5.74, 6) is -0.429. The average molecular weight is 409 g/mol. The summed E-state index contributed by atoms with van der Waals surface area (Å²) in [5, 5.41) is 0.554. The van der Waals surface area contributed by atoms with E-state index in [1.54, 1.807) is 13.1 Å². The first-order chi connectivity index (χ1) is 13.7. The summed E-state index contributed by atoms with van der Waals surface area (Å²) < 4.78 is 39.3. The fourth-order valence-corrected chi connectivity index (χ4v) is 4.12. The maximum atomic E-state index is 12.6. The Labute approximate surface area is 165 Å². The van der Waals surface area contributed by atoms with Gasteiger partial charge < -0.3 is 14.4 Å². The lowest BCUT2D eigenvalue weighted by atomic mass is 10.1. The van der Waals surface area contributed by atoms with E-state index in [9.17, 15) is 22.8 Å². The van der Waals surface area contributed by atoms with Gasteiger partial charge in [-0.1, -0.05) is 0 Å². The SMILES string of the molecule is Cn1cnc2cc(N3CCN(C4CCN(CC(F)(F)F)C4=O)CC3)ccc2c1=O. The molecule has 2 aromatic rings. The molecule has 0 saturated carbocycles. The van der Waals surface area contributed by atoms with Crippen LogP contribution in [0.3, 0.4) is 0 Å². The molecular formula is C19H22F3N5O2. The van der Waals surface area contributed by atoms with Crippen LogP contribution in [0.25, 0.3) is 10.9 Å². The number of benzene rings is 1. The number of anilines is 1. The number of aryl methyl sites for hydroxylation is 1. The number of likely N-dealkylation sites (tertiary alicyclic amines) is 1. The van der Waals surface area contributed by atoms with Crippen molar-refractivity contribution in [1.29, 1.82) is 0 Å². The van der Waals surface area contributed by atoms with Crippen molar-refractivity contribution < 1.29 is 18.0 Å². The predicted molar refractivity (Wildman–Crippen MR) is 102 cm³/mol. The van der Waals surface area contributed by atoms with Crippen molar-refractivity contribution in [3.05, 3.63) is 34.9 Å². The third kappa shape index (κ3) is 3.93. The maximum absolute atomic E-state index is 12.6. The van der Waals surface area contributed by atoms with Crippen molar-refractivity contribution in [2.24, 2.45) is 7.05 Å². The number of rotatable bonds is 3. The van der Waals surface area contributed by atoms with Gasteiger partial charge in [0.15, 0.2) is 0 Å². The zero-order valence-corrected chi connectivity index (χ0v) is 16.0. The average Bonchev–Trinajstić information content (AvgIpc) is 3.03. The molecule has 0 bridgehead atoms. The summed E-state index contributed by atoms with van der Waals surface area (Å²) in [4.78, 5) is 33.8. The normalized spacial score (nSPS) is 21.4. The van der Waals surface area contributed by atoms with Crippen LogP contribution in [0.1, 0.15) is 6.42 Å². The standard InChI is InChI=1S/C19H22F3N5O2/c1-24-12-23-15-10-13(2-3-14(15)17(24)28)25-6-8-26(9-7-25)16-4-5-27(18(16)29)11-19(20,21)22/h2-3,10,12,16H,4-9,11H2,1H3. The molecule has 29 heavy (non-hydrogen) atoms. The Morgan fingerprint density at radius 2 is 1.83 bits per heavy atom. The summed E-state index contributed by atoms with van der Waals surface area (Å²) in [7, 11) is 1.65. The minimum atomic E-state index is -4.37. The third-order valence-corrected chi connectivity index (χ3v) is 5.66. The van der Waals surface area contributed by atoms with E-state index in [0.717, 1.165) is 10.6 Å². The highest BCUT2D eigenvalue weighted by atomic mass is 19.4. The molecule has 0 N–H and O–H groups in total. The number of halogens is 3. The Hall–Kier alpha value is -2.62. The topological polar surface area (TPSA) is 61.7 Å². The number of carbonyl (C=O) groups excluding carboxylic acids is 1. The van der Waals surface area contributed by atoms with E-state index < -0.39 is 24.7 Å². The molecule has 2 fully saturated rings. The molecule has 2 saturated heterocycles. The van der Waals surface area contributed by atoms with Crippen molar-refractivity contribution in [3.8, 4) is 0 Å². The minimum absolute atomic E-state index is 0.102. The van der Waals surface area contributed by atoms with E-state index in [2.05, 4.69) is 9.88 Å². The van der Waals surface area contributed by atoms with E-state index in [1.807, 2.05) is 17.0 Å². The fourth-order valence-electron chi connectivity index (χ4n) is 4.12. The van der Waals surface area contributed by atoms with Gasteiger partial charge in [0.2, 0.25) is 5.91 Å². The molecule has 4 rings (SSSR count). The number of amides is 1. The smallest absolute Gasteiger partial charge is 0.369 e. The minimum Gasteiger partial charge on any atom is -0.369 e. The molecule has 1 unspecified atom stereocenters. The summed E-state index contributed by atoms with van der Waals surface area (Å²) in [6.45, 7) is 1.47. The molecule has 0 radical (unpaired) electrons. The highest BCUT2D eigenvalue weighted by molar-refractivity contribution is 5.84. The van der Waals surface area contributed by atoms with Crippen LogP contribution in [0.2, 0.25) is 0 Å². The van der Waals surface area contributed by atoms with Crippen LogP contribution in [-0.4, -0.2) is 76.7 Å². The largest absolute Gasteiger partial charge is 0.406 e. The molecule has 2 aliphatic rings. The predicted octanol–water partition coefficient (Wildman–Crippen LogP) is 1.22. The first-order valence-electron chi connectivity index (χ1n) is 9.53.